The number of anilines is 1. The van der Waals surface area contributed by atoms with E-state index >= 15 is 0 Å². The number of nitrogens with zero attached hydrogens (tertiary/aromatic N) is 1. The van der Waals surface area contributed by atoms with Crippen molar-refractivity contribution in [1.29, 1.82) is 0 Å². The lowest BCUT2D eigenvalue weighted by Gasteiger charge is -2.34. The van der Waals surface area contributed by atoms with Gasteiger partial charge in [0, 0.05) is 18.7 Å². The summed E-state index contributed by atoms with van der Waals surface area (Å²) in [5.74, 6) is -0.786. The van der Waals surface area contributed by atoms with Crippen molar-refractivity contribution >= 4 is 21.5 Å². The highest BCUT2D eigenvalue weighted by Crippen LogP contribution is 2.22. The molecular formula is C20H23FN2O4S. The number of morpholine rings is 1. The Morgan fingerprint density at radius 2 is 1.82 bits per heavy atom. The second-order valence-electron chi connectivity index (χ2n) is 6.86. The number of benzene rings is 2. The van der Waals surface area contributed by atoms with E-state index in [1.54, 1.807) is 18.2 Å². The zero-order valence-corrected chi connectivity index (χ0v) is 16.6. The molecule has 0 spiro atoms. The van der Waals surface area contributed by atoms with Crippen molar-refractivity contribution in [3.05, 3.63) is 59.9 Å². The predicted octanol–water partition coefficient (Wildman–Crippen LogP) is 2.92. The second-order valence-corrected chi connectivity index (χ2v) is 8.80. The molecule has 1 heterocycles. The van der Waals surface area contributed by atoms with E-state index in [1.807, 2.05) is 13.8 Å². The van der Waals surface area contributed by atoms with Gasteiger partial charge in [-0.1, -0.05) is 24.3 Å². The van der Waals surface area contributed by atoms with Crippen LogP contribution in [0.25, 0.3) is 0 Å². The SMILES string of the molecule is CC1CN(S(=O)(=O)c2cccc(C(=O)CNc3ccccc3F)c2)CC(C)O1. The predicted molar refractivity (Wildman–Crippen MR) is 104 cm³/mol. The summed E-state index contributed by atoms with van der Waals surface area (Å²) in [4.78, 5) is 12.5. The van der Waals surface area contributed by atoms with Crippen molar-refractivity contribution in [2.45, 2.75) is 31.0 Å². The van der Waals surface area contributed by atoms with Gasteiger partial charge in [0.1, 0.15) is 5.82 Å². The first kappa shape index (κ1) is 20.4. The Morgan fingerprint density at radius 3 is 2.50 bits per heavy atom. The van der Waals surface area contributed by atoms with Gasteiger partial charge in [0.05, 0.1) is 29.3 Å². The van der Waals surface area contributed by atoms with Gasteiger partial charge in [0.25, 0.3) is 0 Å². The first-order valence-electron chi connectivity index (χ1n) is 9.04. The van der Waals surface area contributed by atoms with Crippen LogP contribution >= 0.6 is 0 Å². The van der Waals surface area contributed by atoms with Gasteiger partial charge in [-0.3, -0.25) is 4.79 Å². The average molecular weight is 406 g/mol. The van der Waals surface area contributed by atoms with Crippen molar-refractivity contribution in [2.75, 3.05) is 25.0 Å². The highest BCUT2D eigenvalue weighted by molar-refractivity contribution is 7.89. The summed E-state index contributed by atoms with van der Waals surface area (Å²) in [7, 11) is -3.74. The van der Waals surface area contributed by atoms with E-state index in [9.17, 15) is 17.6 Å². The van der Waals surface area contributed by atoms with E-state index < -0.39 is 15.8 Å². The van der Waals surface area contributed by atoms with E-state index in [2.05, 4.69) is 5.32 Å². The van der Waals surface area contributed by atoms with Crippen LogP contribution in [0.2, 0.25) is 0 Å². The van der Waals surface area contributed by atoms with E-state index in [0.29, 0.717) is 0 Å². The molecule has 2 aromatic carbocycles. The van der Waals surface area contributed by atoms with Crippen molar-refractivity contribution in [3.8, 4) is 0 Å². The molecule has 1 aliphatic rings. The number of halogens is 1. The Balaban J connectivity index is 1.76. The Hall–Kier alpha value is -2.29. The molecule has 28 heavy (non-hydrogen) atoms. The van der Waals surface area contributed by atoms with Gasteiger partial charge in [-0.2, -0.15) is 4.31 Å². The Kier molecular flexibility index (Phi) is 6.12. The van der Waals surface area contributed by atoms with E-state index in [-0.39, 0.29) is 53.8 Å². The van der Waals surface area contributed by atoms with Crippen LogP contribution in [0.4, 0.5) is 10.1 Å². The molecule has 1 fully saturated rings. The highest BCUT2D eigenvalue weighted by Gasteiger charge is 2.32. The molecule has 2 aromatic rings. The lowest BCUT2D eigenvalue weighted by atomic mass is 10.1. The van der Waals surface area contributed by atoms with Crippen LogP contribution < -0.4 is 5.32 Å². The van der Waals surface area contributed by atoms with Gasteiger partial charge in [0.2, 0.25) is 10.0 Å². The van der Waals surface area contributed by atoms with Crippen LogP contribution in [0, 0.1) is 5.82 Å². The monoisotopic (exact) mass is 406 g/mol. The standard InChI is InChI=1S/C20H23FN2O4S/c1-14-12-23(13-15(2)27-14)28(25,26)17-7-5-6-16(10-17)20(24)11-22-19-9-4-3-8-18(19)21/h3-10,14-15,22H,11-13H2,1-2H3. The number of hydrogen-bond acceptors (Lipinski definition) is 5. The van der Waals surface area contributed by atoms with E-state index in [4.69, 9.17) is 4.74 Å². The summed E-state index contributed by atoms with van der Waals surface area (Å²) in [6.07, 6.45) is -0.401. The van der Waals surface area contributed by atoms with Crippen LogP contribution in [0.3, 0.4) is 0 Å². The van der Waals surface area contributed by atoms with E-state index in [0.717, 1.165) is 0 Å². The minimum Gasteiger partial charge on any atom is -0.375 e. The third-order valence-corrected chi connectivity index (χ3v) is 6.32. The van der Waals surface area contributed by atoms with Gasteiger partial charge < -0.3 is 10.1 Å². The smallest absolute Gasteiger partial charge is 0.243 e. The van der Waals surface area contributed by atoms with Crippen LogP contribution in [-0.4, -0.2) is 50.3 Å². The van der Waals surface area contributed by atoms with Gasteiger partial charge in [-0.25, -0.2) is 12.8 Å². The normalized spacial score (nSPS) is 20.7. The quantitative estimate of drug-likeness (QED) is 0.747. The molecule has 0 bridgehead atoms. The number of carbonyl (C=O) groups is 1. The summed E-state index contributed by atoms with van der Waals surface area (Å²) >= 11 is 0. The number of Topliss-reactive ketones (excluding diaryl/α,β-unsaturated/α-hetero) is 1. The molecule has 0 amide bonds. The molecule has 0 aliphatic carbocycles. The molecule has 1 aliphatic heterocycles. The fourth-order valence-corrected chi connectivity index (χ4v) is 4.83. The van der Waals surface area contributed by atoms with Gasteiger partial charge in [0.15, 0.2) is 5.78 Å². The molecule has 8 heteroatoms. The Labute approximate surface area is 164 Å². The third kappa shape index (κ3) is 4.57. The zero-order chi connectivity index (χ0) is 20.3. The van der Waals surface area contributed by atoms with Gasteiger partial charge in [-0.05, 0) is 38.1 Å². The summed E-state index contributed by atoms with van der Waals surface area (Å²) in [5, 5.41) is 2.74. The molecule has 2 atom stereocenters. The van der Waals surface area contributed by atoms with Gasteiger partial charge >= 0.3 is 0 Å². The minimum atomic E-state index is -3.74. The van der Waals surface area contributed by atoms with Crippen molar-refractivity contribution < 1.29 is 22.3 Å². The molecule has 2 unspecified atom stereocenters. The number of ketones is 1. The maximum absolute atomic E-state index is 13.7. The number of para-hydroxylation sites is 1. The number of carbonyl (C=O) groups excluding carboxylic acids is 1. The summed E-state index contributed by atoms with van der Waals surface area (Å²) in [6.45, 7) is 4.04. The summed E-state index contributed by atoms with van der Waals surface area (Å²) in [6, 6.07) is 12.0. The topological polar surface area (TPSA) is 75.7 Å². The largest absolute Gasteiger partial charge is 0.375 e. The molecule has 150 valence electrons. The molecule has 3 rings (SSSR count). The second kappa shape index (κ2) is 8.38. The fourth-order valence-electron chi connectivity index (χ4n) is 3.19. The number of rotatable bonds is 6. The summed E-state index contributed by atoms with van der Waals surface area (Å²) < 4.78 is 46.6. The molecule has 1 saturated heterocycles. The number of sulfonamides is 1. The molecule has 6 nitrogen and oxygen atoms in total. The first-order chi connectivity index (χ1) is 13.3. The number of ether oxygens (including phenoxy) is 1. The van der Waals surface area contributed by atoms with Crippen molar-refractivity contribution in [3.63, 3.8) is 0 Å². The molecule has 1 N–H and O–H groups in total. The summed E-state index contributed by atoms with van der Waals surface area (Å²) in [5.41, 5.74) is 0.468. The van der Waals surface area contributed by atoms with E-state index in [1.165, 1.54) is 34.6 Å². The number of hydrogen-bond donors (Lipinski definition) is 1. The van der Waals surface area contributed by atoms with Crippen LogP contribution in [0.5, 0.6) is 0 Å². The van der Waals surface area contributed by atoms with Crippen LogP contribution in [-0.2, 0) is 14.8 Å². The lowest BCUT2D eigenvalue weighted by molar-refractivity contribution is -0.0440. The minimum absolute atomic E-state index is 0.0607. The maximum atomic E-state index is 13.7. The maximum Gasteiger partial charge on any atom is 0.243 e. The first-order valence-corrected chi connectivity index (χ1v) is 10.5. The lowest BCUT2D eigenvalue weighted by Crippen LogP contribution is -2.48. The zero-order valence-electron chi connectivity index (χ0n) is 15.8. The molecule has 0 saturated carbocycles. The third-order valence-electron chi connectivity index (χ3n) is 4.49. The van der Waals surface area contributed by atoms with Crippen LogP contribution in [0.1, 0.15) is 24.2 Å². The molecular weight excluding hydrogens is 383 g/mol. The Morgan fingerprint density at radius 1 is 1.14 bits per heavy atom. The average Bonchev–Trinajstić information content (AvgIpc) is 2.66. The Bertz CT molecular complexity index is 954. The molecule has 0 aromatic heterocycles. The van der Waals surface area contributed by atoms with Crippen molar-refractivity contribution in [2.24, 2.45) is 0 Å². The van der Waals surface area contributed by atoms with Gasteiger partial charge in [-0.15, -0.1) is 0 Å². The van der Waals surface area contributed by atoms with Crippen LogP contribution in [0.15, 0.2) is 53.4 Å². The fraction of sp³-hybridized carbons (Fsp3) is 0.350. The van der Waals surface area contributed by atoms with Crippen molar-refractivity contribution in [1.82, 2.24) is 4.31 Å². The molecule has 0 radical (unpaired) electrons. The highest BCUT2D eigenvalue weighted by atomic mass is 32.2. The number of nitrogens with one attached hydrogen (secondary N) is 1.